The van der Waals surface area contributed by atoms with Gasteiger partial charge in [-0.2, -0.15) is 0 Å². The molecule has 2 aliphatic rings. The van der Waals surface area contributed by atoms with E-state index in [1.54, 1.807) is 11.3 Å². The number of aryl methyl sites for hydroxylation is 1. The lowest BCUT2D eigenvalue weighted by Crippen LogP contribution is -2.46. The summed E-state index contributed by atoms with van der Waals surface area (Å²) in [4.78, 5) is 18.0. The Morgan fingerprint density at radius 2 is 2.09 bits per heavy atom. The summed E-state index contributed by atoms with van der Waals surface area (Å²) in [6.45, 7) is 5.04. The van der Waals surface area contributed by atoms with Gasteiger partial charge in [-0.3, -0.25) is 10.2 Å². The number of rotatable bonds is 4. The minimum Gasteiger partial charge on any atom is -0.395 e. The lowest BCUT2D eigenvalue weighted by molar-refractivity contribution is 0.130. The van der Waals surface area contributed by atoms with Gasteiger partial charge in [0.1, 0.15) is 0 Å². The van der Waals surface area contributed by atoms with Crippen molar-refractivity contribution in [3.05, 3.63) is 17.0 Å². The van der Waals surface area contributed by atoms with E-state index in [0.29, 0.717) is 0 Å². The first-order valence-electron chi connectivity index (χ1n) is 8.16. The number of carbonyl (C=O) groups excluding carboxylic acids is 1. The Bertz CT molecular complexity index is 519. The van der Waals surface area contributed by atoms with Gasteiger partial charge >= 0.3 is 6.03 Å². The Balaban J connectivity index is 1.59. The molecule has 2 atom stereocenters. The molecular formula is C16H25N3O2S. The van der Waals surface area contributed by atoms with Crippen LogP contribution in [0.1, 0.15) is 30.6 Å². The van der Waals surface area contributed by atoms with Crippen LogP contribution < -0.4 is 5.32 Å². The maximum absolute atomic E-state index is 12.5. The number of thiophene rings is 1. The van der Waals surface area contributed by atoms with Gasteiger partial charge in [0.25, 0.3) is 0 Å². The molecule has 122 valence electrons. The monoisotopic (exact) mass is 323 g/mol. The van der Waals surface area contributed by atoms with Crippen molar-refractivity contribution in [2.24, 2.45) is 0 Å². The maximum atomic E-state index is 12.5. The van der Waals surface area contributed by atoms with E-state index in [-0.39, 0.29) is 24.7 Å². The minimum atomic E-state index is 0.0177. The summed E-state index contributed by atoms with van der Waals surface area (Å²) in [7, 11) is 0. The van der Waals surface area contributed by atoms with Crippen molar-refractivity contribution in [2.75, 3.05) is 31.6 Å². The zero-order valence-corrected chi connectivity index (χ0v) is 13.9. The highest BCUT2D eigenvalue weighted by molar-refractivity contribution is 7.16. The maximum Gasteiger partial charge on any atom is 0.322 e. The first kappa shape index (κ1) is 15.8. The second-order valence-electron chi connectivity index (χ2n) is 6.30. The van der Waals surface area contributed by atoms with Gasteiger partial charge in [0.2, 0.25) is 0 Å². The second kappa shape index (κ2) is 6.98. The van der Waals surface area contributed by atoms with Gasteiger partial charge < -0.3 is 10.0 Å². The summed E-state index contributed by atoms with van der Waals surface area (Å²) in [5.74, 6) is 0. The normalized spacial score (nSPS) is 25.8. The van der Waals surface area contributed by atoms with Gasteiger partial charge in [0.05, 0.1) is 11.6 Å². The number of urea groups is 1. The van der Waals surface area contributed by atoms with Crippen LogP contribution in [0.25, 0.3) is 0 Å². The minimum absolute atomic E-state index is 0.0177. The van der Waals surface area contributed by atoms with E-state index in [2.05, 4.69) is 10.2 Å². The Morgan fingerprint density at radius 3 is 2.82 bits per heavy atom. The van der Waals surface area contributed by atoms with Crippen LogP contribution in [0.2, 0.25) is 0 Å². The summed E-state index contributed by atoms with van der Waals surface area (Å²) in [5, 5.41) is 13.4. The van der Waals surface area contributed by atoms with E-state index >= 15 is 0 Å². The number of aliphatic hydroxyl groups excluding tert-OH is 1. The van der Waals surface area contributed by atoms with Crippen molar-refractivity contribution in [1.29, 1.82) is 0 Å². The fourth-order valence-corrected chi connectivity index (χ4v) is 4.34. The predicted octanol–water partition coefficient (Wildman–Crippen LogP) is 2.51. The van der Waals surface area contributed by atoms with Crippen molar-refractivity contribution in [3.63, 3.8) is 0 Å². The van der Waals surface area contributed by atoms with Crippen molar-refractivity contribution < 1.29 is 9.90 Å². The molecule has 2 fully saturated rings. The summed E-state index contributed by atoms with van der Waals surface area (Å²) in [6.07, 6.45) is 4.35. The van der Waals surface area contributed by atoms with Crippen molar-refractivity contribution in [2.45, 2.75) is 44.7 Å². The molecule has 0 radical (unpaired) electrons. The van der Waals surface area contributed by atoms with Crippen LogP contribution in [0.4, 0.5) is 9.80 Å². The molecule has 0 spiro atoms. The van der Waals surface area contributed by atoms with Crippen LogP contribution in [0.15, 0.2) is 12.1 Å². The fourth-order valence-electron chi connectivity index (χ4n) is 3.58. The van der Waals surface area contributed by atoms with Crippen LogP contribution in [-0.4, -0.2) is 59.3 Å². The van der Waals surface area contributed by atoms with Gasteiger partial charge in [-0.15, -0.1) is 11.3 Å². The Hall–Kier alpha value is -1.11. The molecule has 6 heteroatoms. The average molecular weight is 323 g/mol. The number of aliphatic hydroxyl groups is 1. The average Bonchev–Trinajstić information content (AvgIpc) is 3.21. The Kier molecular flexibility index (Phi) is 5.00. The van der Waals surface area contributed by atoms with Crippen LogP contribution in [-0.2, 0) is 0 Å². The number of carbonyl (C=O) groups is 1. The molecule has 2 N–H and O–H groups in total. The number of amides is 2. The van der Waals surface area contributed by atoms with E-state index in [1.807, 2.05) is 24.0 Å². The highest BCUT2D eigenvalue weighted by Crippen LogP contribution is 2.26. The zero-order valence-electron chi connectivity index (χ0n) is 13.1. The largest absolute Gasteiger partial charge is 0.395 e. The highest BCUT2D eigenvalue weighted by Gasteiger charge is 2.33. The summed E-state index contributed by atoms with van der Waals surface area (Å²) < 4.78 is 0. The summed E-state index contributed by atoms with van der Waals surface area (Å²) in [6, 6.07) is 4.56. The van der Waals surface area contributed by atoms with Gasteiger partial charge in [-0.25, -0.2) is 4.79 Å². The molecule has 0 saturated carbocycles. The third-order valence-corrected chi connectivity index (χ3v) is 5.68. The Labute approximate surface area is 135 Å². The molecule has 1 aromatic heterocycles. The third kappa shape index (κ3) is 3.45. The molecule has 5 nitrogen and oxygen atoms in total. The second-order valence-corrected chi connectivity index (χ2v) is 7.59. The first-order chi connectivity index (χ1) is 10.7. The molecule has 3 rings (SSSR count). The smallest absolute Gasteiger partial charge is 0.322 e. The SMILES string of the molecule is Cc1ccc(NC(=O)N2CCC[C@H]2CN2CCC[C@@H]2CO)s1. The van der Waals surface area contributed by atoms with Gasteiger partial charge in [-0.1, -0.05) is 0 Å². The molecule has 1 aromatic rings. The van der Waals surface area contributed by atoms with Crippen molar-refractivity contribution in [3.8, 4) is 0 Å². The Morgan fingerprint density at radius 1 is 1.32 bits per heavy atom. The molecule has 2 aliphatic heterocycles. The molecule has 0 unspecified atom stereocenters. The van der Waals surface area contributed by atoms with E-state index in [9.17, 15) is 9.90 Å². The van der Waals surface area contributed by atoms with Crippen molar-refractivity contribution >= 4 is 22.4 Å². The fraction of sp³-hybridized carbons (Fsp3) is 0.688. The summed E-state index contributed by atoms with van der Waals surface area (Å²) in [5.41, 5.74) is 0. The van der Waals surface area contributed by atoms with Gasteiger partial charge in [0, 0.05) is 30.1 Å². The summed E-state index contributed by atoms with van der Waals surface area (Å²) >= 11 is 1.61. The molecule has 0 aliphatic carbocycles. The number of hydrogen-bond donors (Lipinski definition) is 2. The van der Waals surface area contributed by atoms with E-state index in [0.717, 1.165) is 50.3 Å². The van der Waals surface area contributed by atoms with E-state index in [1.165, 1.54) is 4.88 Å². The number of nitrogens with zero attached hydrogens (tertiary/aromatic N) is 2. The van der Waals surface area contributed by atoms with Gasteiger partial charge in [-0.05, 0) is 51.3 Å². The molecule has 0 bridgehead atoms. The van der Waals surface area contributed by atoms with Crippen LogP contribution in [0.3, 0.4) is 0 Å². The van der Waals surface area contributed by atoms with Crippen LogP contribution in [0, 0.1) is 6.92 Å². The predicted molar refractivity (Wildman–Crippen MR) is 89.5 cm³/mol. The van der Waals surface area contributed by atoms with Crippen molar-refractivity contribution in [1.82, 2.24) is 9.80 Å². The molecule has 2 amide bonds. The lowest BCUT2D eigenvalue weighted by Gasteiger charge is -2.31. The third-order valence-electron chi connectivity index (χ3n) is 4.76. The van der Waals surface area contributed by atoms with E-state index < -0.39 is 0 Å². The number of hydrogen-bond acceptors (Lipinski definition) is 4. The molecule has 2 saturated heterocycles. The molecule has 0 aromatic carbocycles. The van der Waals surface area contributed by atoms with Gasteiger partial charge in [0.15, 0.2) is 0 Å². The standard InChI is InChI=1S/C16H25N3O2S/c1-12-6-7-15(22-12)17-16(21)19-9-3-4-13(19)10-18-8-2-5-14(18)11-20/h6-7,13-14,20H,2-5,8-11H2,1H3,(H,17,21)/t13-,14+/m0/s1. The van der Waals surface area contributed by atoms with Crippen LogP contribution >= 0.6 is 11.3 Å². The van der Waals surface area contributed by atoms with Crippen LogP contribution in [0.5, 0.6) is 0 Å². The van der Waals surface area contributed by atoms with E-state index in [4.69, 9.17) is 0 Å². The number of nitrogens with one attached hydrogen (secondary N) is 1. The lowest BCUT2D eigenvalue weighted by atomic mass is 10.2. The number of likely N-dealkylation sites (tertiary alicyclic amines) is 2. The first-order valence-corrected chi connectivity index (χ1v) is 8.98. The molecule has 22 heavy (non-hydrogen) atoms. The number of anilines is 1. The molecule has 3 heterocycles. The zero-order chi connectivity index (χ0) is 15.5. The molecular weight excluding hydrogens is 298 g/mol. The quantitative estimate of drug-likeness (QED) is 0.895. The highest BCUT2D eigenvalue weighted by atomic mass is 32.1. The topological polar surface area (TPSA) is 55.8 Å².